The Hall–Kier alpha value is -2.06. The minimum atomic E-state index is -0.0439. The first-order chi connectivity index (χ1) is 13.0. The largest absolute Gasteiger partial charge is 0.378 e. The van der Waals surface area contributed by atoms with Crippen LogP contribution in [0.3, 0.4) is 0 Å². The second-order valence-electron chi connectivity index (χ2n) is 7.09. The molecule has 1 aliphatic rings. The molecule has 0 atom stereocenters. The number of anilines is 2. The van der Waals surface area contributed by atoms with E-state index in [4.69, 9.17) is 4.74 Å². The summed E-state index contributed by atoms with van der Waals surface area (Å²) in [5.41, 5.74) is 1.94. The quantitative estimate of drug-likeness (QED) is 0.734. The molecule has 0 saturated carbocycles. The predicted molar refractivity (Wildman–Crippen MR) is 108 cm³/mol. The van der Waals surface area contributed by atoms with E-state index in [2.05, 4.69) is 38.8 Å². The summed E-state index contributed by atoms with van der Waals surface area (Å²) < 4.78 is 7.56. The van der Waals surface area contributed by atoms with E-state index >= 15 is 0 Å². The number of hydrogen-bond acceptors (Lipinski definition) is 6. The molecule has 1 N–H and O–H groups in total. The number of aryl methyl sites for hydroxylation is 1. The Kier molecular flexibility index (Phi) is 6.73. The van der Waals surface area contributed by atoms with Gasteiger partial charge in [-0.05, 0) is 30.5 Å². The van der Waals surface area contributed by atoms with Crippen LogP contribution in [0.15, 0.2) is 29.4 Å². The van der Waals surface area contributed by atoms with Crippen LogP contribution in [0.1, 0.15) is 19.4 Å². The van der Waals surface area contributed by atoms with Crippen LogP contribution in [0, 0.1) is 12.8 Å². The minimum absolute atomic E-state index is 0.0439. The maximum absolute atomic E-state index is 12.3. The van der Waals surface area contributed by atoms with E-state index in [0.717, 1.165) is 42.0 Å². The first-order valence-electron chi connectivity index (χ1n) is 9.28. The molecule has 27 heavy (non-hydrogen) atoms. The zero-order valence-electron chi connectivity index (χ0n) is 16.1. The number of thioether (sulfide) groups is 1. The van der Waals surface area contributed by atoms with Crippen LogP contribution in [-0.2, 0) is 16.1 Å². The molecule has 146 valence electrons. The Bertz CT molecular complexity index is 771. The van der Waals surface area contributed by atoms with Gasteiger partial charge in [-0.15, -0.1) is 10.2 Å². The second kappa shape index (κ2) is 9.23. The van der Waals surface area contributed by atoms with Crippen LogP contribution >= 0.6 is 11.8 Å². The number of carbonyl (C=O) groups excluding carboxylic acids is 1. The van der Waals surface area contributed by atoms with Gasteiger partial charge in [0, 0.05) is 25.3 Å². The van der Waals surface area contributed by atoms with Gasteiger partial charge in [-0.25, -0.2) is 0 Å². The van der Waals surface area contributed by atoms with Gasteiger partial charge in [-0.3, -0.25) is 9.36 Å². The molecule has 2 aromatic rings. The molecule has 3 rings (SSSR count). The lowest BCUT2D eigenvalue weighted by Crippen LogP contribution is -2.38. The molecule has 0 radical (unpaired) electrons. The van der Waals surface area contributed by atoms with Crippen molar-refractivity contribution in [2.75, 3.05) is 42.3 Å². The molecular weight excluding hydrogens is 362 g/mol. The van der Waals surface area contributed by atoms with Crippen molar-refractivity contribution in [2.45, 2.75) is 32.5 Å². The molecule has 1 aromatic heterocycles. The number of nitrogens with one attached hydrogen (secondary N) is 1. The summed E-state index contributed by atoms with van der Waals surface area (Å²) >= 11 is 1.42. The molecule has 0 unspecified atom stereocenters. The third-order valence-electron chi connectivity index (χ3n) is 4.17. The molecule has 7 nitrogen and oxygen atoms in total. The van der Waals surface area contributed by atoms with Gasteiger partial charge in [0.05, 0.1) is 19.0 Å². The summed E-state index contributed by atoms with van der Waals surface area (Å²) in [6, 6.07) is 7.80. The fourth-order valence-corrected chi connectivity index (χ4v) is 3.70. The number of aromatic nitrogens is 3. The predicted octanol–water partition coefficient (Wildman–Crippen LogP) is 2.81. The number of amides is 1. The minimum Gasteiger partial charge on any atom is -0.378 e. The van der Waals surface area contributed by atoms with Crippen LogP contribution in [-0.4, -0.2) is 52.7 Å². The lowest BCUT2D eigenvalue weighted by atomic mass is 10.2. The topological polar surface area (TPSA) is 72.3 Å². The Morgan fingerprint density at radius 2 is 2.07 bits per heavy atom. The third-order valence-corrected chi connectivity index (χ3v) is 5.14. The number of hydrogen-bond donors (Lipinski definition) is 1. The number of ether oxygens (including phenoxy) is 1. The van der Waals surface area contributed by atoms with Crippen molar-refractivity contribution in [3.8, 4) is 0 Å². The normalized spacial score (nSPS) is 14.6. The molecule has 1 fully saturated rings. The molecule has 1 amide bonds. The van der Waals surface area contributed by atoms with Gasteiger partial charge in [-0.1, -0.05) is 37.7 Å². The van der Waals surface area contributed by atoms with Crippen molar-refractivity contribution in [3.05, 3.63) is 29.8 Å². The molecule has 2 heterocycles. The Balaban J connectivity index is 1.66. The molecule has 0 bridgehead atoms. The van der Waals surface area contributed by atoms with Crippen molar-refractivity contribution >= 4 is 29.3 Å². The van der Waals surface area contributed by atoms with Crippen molar-refractivity contribution in [1.82, 2.24) is 14.8 Å². The maximum atomic E-state index is 12.3. The van der Waals surface area contributed by atoms with Crippen LogP contribution in [0.5, 0.6) is 0 Å². The van der Waals surface area contributed by atoms with E-state index < -0.39 is 0 Å². The van der Waals surface area contributed by atoms with Gasteiger partial charge in [0.1, 0.15) is 0 Å². The molecule has 1 aromatic carbocycles. The van der Waals surface area contributed by atoms with Gasteiger partial charge in [0.25, 0.3) is 0 Å². The standard InChI is InChI=1S/C19H27N5O2S/c1-14(2)12-24-18(23-7-9-26-10-8-23)21-22-19(24)27-13-17(25)20-16-6-4-5-15(3)11-16/h4-6,11,14H,7-10,12-13H2,1-3H3,(H,20,25). The number of morpholine rings is 1. The van der Waals surface area contributed by atoms with Crippen LogP contribution < -0.4 is 10.2 Å². The monoisotopic (exact) mass is 389 g/mol. The number of benzene rings is 1. The summed E-state index contributed by atoms with van der Waals surface area (Å²) in [5, 5.41) is 12.5. The molecule has 0 aliphatic carbocycles. The van der Waals surface area contributed by atoms with Crippen molar-refractivity contribution in [3.63, 3.8) is 0 Å². The highest BCUT2D eigenvalue weighted by Crippen LogP contribution is 2.24. The molecule has 1 saturated heterocycles. The fraction of sp³-hybridized carbons (Fsp3) is 0.526. The summed E-state index contributed by atoms with van der Waals surface area (Å²) in [7, 11) is 0. The average molecular weight is 390 g/mol. The van der Waals surface area contributed by atoms with Crippen LogP contribution in [0.4, 0.5) is 11.6 Å². The Labute approximate surface area is 164 Å². The molecule has 1 aliphatic heterocycles. The lowest BCUT2D eigenvalue weighted by Gasteiger charge is -2.28. The zero-order valence-corrected chi connectivity index (χ0v) is 17.0. The fourth-order valence-electron chi connectivity index (χ4n) is 2.96. The first-order valence-corrected chi connectivity index (χ1v) is 10.3. The number of rotatable bonds is 7. The summed E-state index contributed by atoms with van der Waals surface area (Å²) in [4.78, 5) is 14.5. The Morgan fingerprint density at radius 1 is 1.30 bits per heavy atom. The van der Waals surface area contributed by atoms with E-state index in [0.29, 0.717) is 24.9 Å². The van der Waals surface area contributed by atoms with E-state index in [1.54, 1.807) is 0 Å². The third kappa shape index (κ3) is 5.46. The number of carbonyl (C=O) groups is 1. The van der Waals surface area contributed by atoms with Crippen LogP contribution in [0.25, 0.3) is 0 Å². The summed E-state index contributed by atoms with van der Waals surface area (Å²) in [6.45, 7) is 10.2. The van der Waals surface area contributed by atoms with E-state index in [9.17, 15) is 4.79 Å². The average Bonchev–Trinajstić information content (AvgIpc) is 3.02. The molecular formula is C19H27N5O2S. The zero-order chi connectivity index (χ0) is 19.2. The summed E-state index contributed by atoms with van der Waals surface area (Å²) in [6.07, 6.45) is 0. The molecule has 8 heteroatoms. The SMILES string of the molecule is Cc1cccc(NC(=O)CSc2nnc(N3CCOCC3)n2CC(C)C)c1. The van der Waals surface area contributed by atoms with Crippen LogP contribution in [0.2, 0.25) is 0 Å². The van der Waals surface area contributed by atoms with Gasteiger partial charge in [-0.2, -0.15) is 0 Å². The van der Waals surface area contributed by atoms with Gasteiger partial charge in [0.2, 0.25) is 11.9 Å². The number of nitrogens with zero attached hydrogens (tertiary/aromatic N) is 4. The van der Waals surface area contributed by atoms with Gasteiger partial charge >= 0.3 is 0 Å². The Morgan fingerprint density at radius 3 is 2.78 bits per heavy atom. The highest BCUT2D eigenvalue weighted by molar-refractivity contribution is 7.99. The van der Waals surface area contributed by atoms with E-state index in [1.807, 2.05) is 31.2 Å². The smallest absolute Gasteiger partial charge is 0.234 e. The highest BCUT2D eigenvalue weighted by Gasteiger charge is 2.21. The highest BCUT2D eigenvalue weighted by atomic mass is 32.2. The van der Waals surface area contributed by atoms with E-state index in [1.165, 1.54) is 11.8 Å². The van der Waals surface area contributed by atoms with Gasteiger partial charge in [0.15, 0.2) is 5.16 Å². The first kappa shape index (κ1) is 19.7. The van der Waals surface area contributed by atoms with Gasteiger partial charge < -0.3 is 15.0 Å². The summed E-state index contributed by atoms with van der Waals surface area (Å²) in [5.74, 6) is 1.58. The second-order valence-corrected chi connectivity index (χ2v) is 8.04. The van der Waals surface area contributed by atoms with Crippen molar-refractivity contribution in [2.24, 2.45) is 5.92 Å². The maximum Gasteiger partial charge on any atom is 0.234 e. The van der Waals surface area contributed by atoms with Crippen molar-refractivity contribution < 1.29 is 9.53 Å². The molecule has 0 spiro atoms. The van der Waals surface area contributed by atoms with E-state index in [-0.39, 0.29) is 5.91 Å². The lowest BCUT2D eigenvalue weighted by molar-refractivity contribution is -0.113. The van der Waals surface area contributed by atoms with Crippen molar-refractivity contribution in [1.29, 1.82) is 0 Å².